The molecule has 0 amide bonds. The van der Waals surface area contributed by atoms with E-state index in [0.29, 0.717) is 18.1 Å². The summed E-state index contributed by atoms with van der Waals surface area (Å²) < 4.78 is 42.2. The highest BCUT2D eigenvalue weighted by atomic mass is 32.2. The fraction of sp³-hybridized carbons (Fsp3) is 0.231. The number of hydrogen-bond acceptors (Lipinski definition) is 6. The van der Waals surface area contributed by atoms with Crippen molar-refractivity contribution in [1.29, 1.82) is 0 Å². The second kappa shape index (κ2) is 6.06. The number of ether oxygens (including phenoxy) is 2. The molecular weight excluding hydrogens is 296 g/mol. The number of aryl methyl sites for hydroxylation is 1. The molecule has 21 heavy (non-hydrogen) atoms. The molecule has 0 atom stereocenters. The molecule has 8 heteroatoms. The first kappa shape index (κ1) is 15.2. The van der Waals surface area contributed by atoms with E-state index in [4.69, 9.17) is 14.0 Å². The maximum Gasteiger partial charge on any atom is 0.294 e. The van der Waals surface area contributed by atoms with Crippen LogP contribution in [-0.4, -0.2) is 29.5 Å². The molecule has 1 heterocycles. The topological polar surface area (TPSA) is 98.6 Å². The molecule has 0 spiro atoms. The third-order valence-electron chi connectivity index (χ3n) is 2.45. The van der Waals surface area contributed by atoms with Crippen molar-refractivity contribution in [2.45, 2.75) is 18.7 Å². The highest BCUT2D eigenvalue weighted by Crippen LogP contribution is 2.25. The molecule has 1 N–H and O–H groups in total. The zero-order valence-electron chi connectivity index (χ0n) is 11.5. The van der Waals surface area contributed by atoms with Crippen LogP contribution in [0.25, 0.3) is 0 Å². The van der Waals surface area contributed by atoms with E-state index < -0.39 is 10.1 Å². The van der Waals surface area contributed by atoms with Crippen molar-refractivity contribution in [1.82, 2.24) is 9.97 Å². The molecule has 0 aliphatic rings. The molecule has 1 aromatic carbocycles. The zero-order valence-corrected chi connectivity index (χ0v) is 12.3. The molecule has 0 fully saturated rings. The Kier molecular flexibility index (Phi) is 4.39. The Morgan fingerprint density at radius 1 is 1.14 bits per heavy atom. The van der Waals surface area contributed by atoms with Crippen molar-refractivity contribution < 1.29 is 22.4 Å². The molecule has 0 saturated carbocycles. The Bertz CT molecular complexity index is 746. The lowest BCUT2D eigenvalue weighted by atomic mass is 10.2. The van der Waals surface area contributed by atoms with E-state index in [2.05, 4.69) is 9.97 Å². The van der Waals surface area contributed by atoms with Gasteiger partial charge in [-0.25, -0.2) is 9.97 Å². The van der Waals surface area contributed by atoms with Crippen molar-refractivity contribution in [2.24, 2.45) is 0 Å². The van der Waals surface area contributed by atoms with Crippen LogP contribution < -0.4 is 9.47 Å². The molecule has 112 valence electrons. The fourth-order valence-corrected chi connectivity index (χ4v) is 2.25. The third-order valence-corrected chi connectivity index (χ3v) is 3.29. The van der Waals surface area contributed by atoms with E-state index in [0.717, 1.165) is 0 Å². The summed E-state index contributed by atoms with van der Waals surface area (Å²) in [6.45, 7) is 3.96. The van der Waals surface area contributed by atoms with Gasteiger partial charge in [0.05, 0.1) is 17.6 Å². The minimum absolute atomic E-state index is 0.209. The van der Waals surface area contributed by atoms with Crippen molar-refractivity contribution in [3.05, 3.63) is 36.2 Å². The summed E-state index contributed by atoms with van der Waals surface area (Å²) in [5.41, 5.74) is 0.624. The summed E-state index contributed by atoms with van der Waals surface area (Å²) in [6.07, 6.45) is 1.28. The van der Waals surface area contributed by atoms with E-state index in [9.17, 15) is 8.42 Å². The number of benzene rings is 1. The lowest BCUT2D eigenvalue weighted by Crippen LogP contribution is -2.00. The van der Waals surface area contributed by atoms with Crippen molar-refractivity contribution >= 4 is 10.1 Å². The van der Waals surface area contributed by atoms with Crippen LogP contribution in [0.5, 0.6) is 17.5 Å². The Balaban J connectivity index is 2.31. The lowest BCUT2D eigenvalue weighted by molar-refractivity contribution is 0.322. The van der Waals surface area contributed by atoms with Gasteiger partial charge in [0.1, 0.15) is 12.1 Å². The summed E-state index contributed by atoms with van der Waals surface area (Å²) in [5, 5.41) is 0. The second-order valence-corrected chi connectivity index (χ2v) is 5.61. The number of hydrogen-bond donors (Lipinski definition) is 1. The third kappa shape index (κ3) is 4.14. The standard InChI is InChI=1S/C13H14N2O5S/c1-3-19-12-7-13(15-8-14-12)20-10-4-9(2)5-11(6-10)21(16,17)18/h4-8H,3H2,1-2H3,(H,16,17,18). The maximum atomic E-state index is 11.2. The first-order chi connectivity index (χ1) is 9.88. The Morgan fingerprint density at radius 2 is 1.86 bits per heavy atom. The van der Waals surface area contributed by atoms with Gasteiger partial charge in [0.25, 0.3) is 10.1 Å². The monoisotopic (exact) mass is 310 g/mol. The smallest absolute Gasteiger partial charge is 0.294 e. The van der Waals surface area contributed by atoms with Crippen LogP contribution in [0.4, 0.5) is 0 Å². The minimum Gasteiger partial charge on any atom is -0.478 e. The molecule has 0 aliphatic heterocycles. The molecule has 0 aliphatic carbocycles. The number of aromatic nitrogens is 2. The van der Waals surface area contributed by atoms with Gasteiger partial charge in [-0.3, -0.25) is 4.55 Å². The van der Waals surface area contributed by atoms with Crippen LogP contribution in [0.15, 0.2) is 35.5 Å². The largest absolute Gasteiger partial charge is 0.478 e. The normalized spacial score (nSPS) is 11.2. The van der Waals surface area contributed by atoms with Crippen LogP contribution in [0.1, 0.15) is 12.5 Å². The minimum atomic E-state index is -4.29. The highest BCUT2D eigenvalue weighted by Gasteiger charge is 2.12. The molecule has 1 aromatic heterocycles. The summed E-state index contributed by atoms with van der Waals surface area (Å²) >= 11 is 0. The van der Waals surface area contributed by atoms with E-state index >= 15 is 0 Å². The molecular formula is C13H14N2O5S. The van der Waals surface area contributed by atoms with Gasteiger partial charge in [-0.15, -0.1) is 0 Å². The Hall–Kier alpha value is -2.19. The Morgan fingerprint density at radius 3 is 2.52 bits per heavy atom. The van der Waals surface area contributed by atoms with Gasteiger partial charge in [-0.1, -0.05) is 0 Å². The molecule has 2 rings (SSSR count). The van der Waals surface area contributed by atoms with Gasteiger partial charge in [0.2, 0.25) is 11.8 Å². The van der Waals surface area contributed by atoms with Crippen LogP contribution >= 0.6 is 0 Å². The first-order valence-corrected chi connectivity index (χ1v) is 7.54. The molecule has 0 saturated heterocycles. The number of rotatable bonds is 5. The summed E-state index contributed by atoms with van der Waals surface area (Å²) in [7, 11) is -4.29. The second-order valence-electron chi connectivity index (χ2n) is 4.19. The average molecular weight is 310 g/mol. The van der Waals surface area contributed by atoms with Gasteiger partial charge >= 0.3 is 0 Å². The summed E-state index contributed by atoms with van der Waals surface area (Å²) in [4.78, 5) is 7.57. The van der Waals surface area contributed by atoms with Crippen LogP contribution in [0.2, 0.25) is 0 Å². The zero-order chi connectivity index (χ0) is 15.5. The molecule has 0 radical (unpaired) electrons. The molecule has 0 bridgehead atoms. The average Bonchev–Trinajstić information content (AvgIpc) is 2.38. The van der Waals surface area contributed by atoms with Gasteiger partial charge in [-0.05, 0) is 31.5 Å². The summed E-state index contributed by atoms with van der Waals surface area (Å²) in [6, 6.07) is 5.66. The van der Waals surface area contributed by atoms with E-state index in [1.54, 1.807) is 13.0 Å². The van der Waals surface area contributed by atoms with E-state index in [1.165, 1.54) is 24.5 Å². The van der Waals surface area contributed by atoms with Gasteiger partial charge in [-0.2, -0.15) is 8.42 Å². The first-order valence-electron chi connectivity index (χ1n) is 6.10. The van der Waals surface area contributed by atoms with Crippen molar-refractivity contribution in [3.8, 4) is 17.5 Å². The van der Waals surface area contributed by atoms with Crippen LogP contribution in [-0.2, 0) is 10.1 Å². The Labute approximate surface area is 122 Å². The maximum absolute atomic E-state index is 11.2. The summed E-state index contributed by atoms with van der Waals surface area (Å²) in [5.74, 6) is 0.800. The number of nitrogens with zero attached hydrogens (tertiary/aromatic N) is 2. The van der Waals surface area contributed by atoms with Gasteiger partial charge in [0, 0.05) is 6.07 Å². The lowest BCUT2D eigenvalue weighted by Gasteiger charge is -2.08. The molecule has 2 aromatic rings. The van der Waals surface area contributed by atoms with Crippen molar-refractivity contribution in [2.75, 3.05) is 6.61 Å². The molecule has 7 nitrogen and oxygen atoms in total. The van der Waals surface area contributed by atoms with Gasteiger partial charge in [0.15, 0.2) is 0 Å². The predicted molar refractivity (Wildman–Crippen MR) is 74.3 cm³/mol. The quantitative estimate of drug-likeness (QED) is 0.845. The van der Waals surface area contributed by atoms with Crippen LogP contribution in [0.3, 0.4) is 0 Å². The SMILES string of the molecule is CCOc1cc(Oc2cc(C)cc(S(=O)(=O)O)c2)ncn1. The highest BCUT2D eigenvalue weighted by molar-refractivity contribution is 7.85. The van der Waals surface area contributed by atoms with Gasteiger partial charge < -0.3 is 9.47 Å². The molecule has 0 unspecified atom stereocenters. The predicted octanol–water partition coefficient (Wildman–Crippen LogP) is 2.22. The fourth-order valence-electron chi connectivity index (χ4n) is 1.65. The van der Waals surface area contributed by atoms with E-state index in [1.807, 2.05) is 6.92 Å². The van der Waals surface area contributed by atoms with Crippen LogP contribution in [0, 0.1) is 6.92 Å². The van der Waals surface area contributed by atoms with Crippen molar-refractivity contribution in [3.63, 3.8) is 0 Å². The van der Waals surface area contributed by atoms with E-state index in [-0.39, 0.29) is 16.5 Å².